The van der Waals surface area contributed by atoms with Crippen LogP contribution in [0, 0.1) is 17.2 Å². The zero-order valence-corrected chi connectivity index (χ0v) is 10.6. The Kier molecular flexibility index (Phi) is 1.96. The van der Waals surface area contributed by atoms with Gasteiger partial charge in [0.2, 0.25) is 0 Å². The van der Waals surface area contributed by atoms with Gasteiger partial charge in [0.25, 0.3) is 0 Å². The van der Waals surface area contributed by atoms with Gasteiger partial charge in [-0.15, -0.1) is 0 Å². The van der Waals surface area contributed by atoms with Crippen molar-refractivity contribution in [2.75, 3.05) is 20.2 Å². The first kappa shape index (κ1) is 10.8. The zero-order chi connectivity index (χ0) is 12.4. The average molecular weight is 247 g/mol. The van der Waals surface area contributed by atoms with E-state index in [2.05, 4.69) is 5.32 Å². The second kappa shape index (κ2) is 3.27. The summed E-state index contributed by atoms with van der Waals surface area (Å²) in [6, 6.07) is 5.18. The zero-order valence-electron chi connectivity index (χ0n) is 10.6. The highest BCUT2D eigenvalue weighted by atomic mass is 19.1. The van der Waals surface area contributed by atoms with Crippen molar-refractivity contribution < 1.29 is 9.13 Å². The molecule has 1 N–H and O–H groups in total. The second-order valence-electron chi connectivity index (χ2n) is 6.41. The summed E-state index contributed by atoms with van der Waals surface area (Å²) >= 11 is 0. The summed E-state index contributed by atoms with van der Waals surface area (Å²) in [7, 11) is 1.60. The van der Waals surface area contributed by atoms with Crippen LogP contribution >= 0.6 is 0 Å². The highest BCUT2D eigenvalue weighted by molar-refractivity contribution is 5.43. The summed E-state index contributed by atoms with van der Waals surface area (Å²) in [5, 5.41) is 3.36. The number of ether oxygens (including phenoxy) is 1. The Morgan fingerprint density at radius 2 is 1.94 bits per heavy atom. The van der Waals surface area contributed by atoms with Gasteiger partial charge in [-0.25, -0.2) is 4.39 Å². The van der Waals surface area contributed by atoms with E-state index >= 15 is 0 Å². The fourth-order valence-corrected chi connectivity index (χ4v) is 4.31. The Balaban J connectivity index is 1.58. The summed E-state index contributed by atoms with van der Waals surface area (Å²) in [5.41, 5.74) is 2.00. The SMILES string of the molecule is COc1cc(F)cc(C23CC(C4CNC4)(C2)C3)c1. The average Bonchev–Trinajstić information content (AvgIpc) is 2.17. The van der Waals surface area contributed by atoms with Crippen LogP contribution in [-0.4, -0.2) is 20.2 Å². The van der Waals surface area contributed by atoms with Crippen molar-refractivity contribution in [3.05, 3.63) is 29.6 Å². The molecule has 18 heavy (non-hydrogen) atoms. The minimum Gasteiger partial charge on any atom is -0.497 e. The lowest BCUT2D eigenvalue weighted by Gasteiger charge is -2.75. The predicted octanol–water partition coefficient (Wildman–Crippen LogP) is 2.48. The molecule has 5 rings (SSSR count). The minimum atomic E-state index is -0.173. The lowest BCUT2D eigenvalue weighted by Crippen LogP contribution is -2.72. The van der Waals surface area contributed by atoms with Crippen molar-refractivity contribution in [3.63, 3.8) is 0 Å². The van der Waals surface area contributed by atoms with Gasteiger partial charge < -0.3 is 10.1 Å². The van der Waals surface area contributed by atoms with Crippen molar-refractivity contribution in [1.82, 2.24) is 5.32 Å². The number of nitrogens with one attached hydrogen (secondary N) is 1. The van der Waals surface area contributed by atoms with Crippen LogP contribution in [-0.2, 0) is 5.41 Å². The van der Waals surface area contributed by atoms with Crippen molar-refractivity contribution in [1.29, 1.82) is 0 Å². The van der Waals surface area contributed by atoms with Gasteiger partial charge in [-0.3, -0.25) is 0 Å². The maximum absolute atomic E-state index is 13.6. The van der Waals surface area contributed by atoms with E-state index in [-0.39, 0.29) is 11.2 Å². The van der Waals surface area contributed by atoms with Crippen LogP contribution in [0.4, 0.5) is 4.39 Å². The van der Waals surface area contributed by atoms with Crippen LogP contribution in [0.15, 0.2) is 18.2 Å². The molecule has 1 aliphatic heterocycles. The third-order valence-corrected chi connectivity index (χ3v) is 5.44. The molecule has 0 amide bonds. The van der Waals surface area contributed by atoms with Crippen LogP contribution in [0.2, 0.25) is 0 Å². The third-order valence-electron chi connectivity index (χ3n) is 5.44. The molecular weight excluding hydrogens is 229 g/mol. The van der Waals surface area contributed by atoms with E-state index in [1.807, 2.05) is 6.07 Å². The molecule has 0 aromatic heterocycles. The summed E-state index contributed by atoms with van der Waals surface area (Å²) in [6.07, 6.45) is 3.75. The van der Waals surface area contributed by atoms with Gasteiger partial charge in [-0.2, -0.15) is 0 Å². The maximum Gasteiger partial charge on any atom is 0.127 e. The predicted molar refractivity (Wildman–Crippen MR) is 67.3 cm³/mol. The molecule has 3 heteroatoms. The molecule has 0 unspecified atom stereocenters. The molecule has 2 bridgehead atoms. The molecule has 4 fully saturated rings. The molecule has 96 valence electrons. The molecule has 0 radical (unpaired) electrons. The van der Waals surface area contributed by atoms with Crippen molar-refractivity contribution in [2.45, 2.75) is 24.7 Å². The third kappa shape index (κ3) is 1.21. The van der Waals surface area contributed by atoms with Crippen LogP contribution in [0.1, 0.15) is 24.8 Å². The van der Waals surface area contributed by atoms with Gasteiger partial charge in [0, 0.05) is 6.07 Å². The molecule has 1 aromatic rings. The Labute approximate surface area is 107 Å². The minimum absolute atomic E-state index is 0.173. The highest BCUT2D eigenvalue weighted by Gasteiger charge is 2.71. The lowest BCUT2D eigenvalue weighted by molar-refractivity contribution is -0.191. The second-order valence-corrected chi connectivity index (χ2v) is 6.41. The van der Waals surface area contributed by atoms with E-state index in [9.17, 15) is 4.39 Å². The number of halogens is 1. The summed E-state index contributed by atoms with van der Waals surface area (Å²) in [6.45, 7) is 2.37. The van der Waals surface area contributed by atoms with E-state index in [0.717, 1.165) is 11.5 Å². The lowest BCUT2D eigenvalue weighted by atomic mass is 9.30. The molecule has 3 saturated carbocycles. The molecule has 3 aliphatic carbocycles. The van der Waals surface area contributed by atoms with Crippen LogP contribution in [0.25, 0.3) is 0 Å². The van der Waals surface area contributed by atoms with E-state index in [0.29, 0.717) is 11.2 Å². The van der Waals surface area contributed by atoms with Crippen LogP contribution < -0.4 is 10.1 Å². The van der Waals surface area contributed by atoms with Crippen LogP contribution in [0.3, 0.4) is 0 Å². The first-order chi connectivity index (χ1) is 8.66. The van der Waals surface area contributed by atoms with Gasteiger partial charge in [0.15, 0.2) is 0 Å². The Morgan fingerprint density at radius 3 is 2.50 bits per heavy atom. The van der Waals surface area contributed by atoms with Gasteiger partial charge in [0.1, 0.15) is 11.6 Å². The monoisotopic (exact) mass is 247 g/mol. The van der Waals surface area contributed by atoms with E-state index in [4.69, 9.17) is 4.74 Å². The number of hydrogen-bond donors (Lipinski definition) is 1. The number of hydrogen-bond acceptors (Lipinski definition) is 2. The van der Waals surface area contributed by atoms with E-state index in [1.54, 1.807) is 13.2 Å². The van der Waals surface area contributed by atoms with Crippen molar-refractivity contribution in [2.24, 2.45) is 11.3 Å². The molecule has 0 atom stereocenters. The topological polar surface area (TPSA) is 21.3 Å². The van der Waals surface area contributed by atoms with E-state index in [1.165, 1.54) is 38.4 Å². The molecule has 4 aliphatic rings. The molecule has 0 spiro atoms. The molecule has 1 saturated heterocycles. The summed E-state index contributed by atoms with van der Waals surface area (Å²) in [5.74, 6) is 1.34. The van der Waals surface area contributed by atoms with Crippen LogP contribution in [0.5, 0.6) is 5.75 Å². The molecule has 1 heterocycles. The first-order valence-corrected chi connectivity index (χ1v) is 6.72. The smallest absolute Gasteiger partial charge is 0.127 e. The Hall–Kier alpha value is -1.09. The van der Waals surface area contributed by atoms with Crippen molar-refractivity contribution >= 4 is 0 Å². The standard InChI is InChI=1S/C15H18FNO/c1-18-13-3-10(2-12(16)4-13)14-7-15(8-14,9-14)11-5-17-6-11/h2-4,11,17H,5-9H2,1H3. The van der Waals surface area contributed by atoms with Gasteiger partial charge >= 0.3 is 0 Å². The fraction of sp³-hybridized carbons (Fsp3) is 0.600. The first-order valence-electron chi connectivity index (χ1n) is 6.72. The van der Waals surface area contributed by atoms with Gasteiger partial charge in [-0.05, 0) is 66.8 Å². The van der Waals surface area contributed by atoms with Crippen molar-refractivity contribution in [3.8, 4) is 5.75 Å². The van der Waals surface area contributed by atoms with E-state index < -0.39 is 0 Å². The highest BCUT2D eigenvalue weighted by Crippen LogP contribution is 2.76. The Bertz CT molecular complexity index is 489. The summed E-state index contributed by atoms with van der Waals surface area (Å²) in [4.78, 5) is 0. The van der Waals surface area contributed by atoms with Gasteiger partial charge in [-0.1, -0.05) is 0 Å². The number of methoxy groups -OCH3 is 1. The number of benzene rings is 1. The summed E-state index contributed by atoms with van der Waals surface area (Å²) < 4.78 is 18.7. The normalized spacial score (nSPS) is 37.4. The molecular formula is C15H18FNO. The maximum atomic E-state index is 13.6. The molecule has 2 nitrogen and oxygen atoms in total. The fourth-order valence-electron chi connectivity index (χ4n) is 4.31. The molecule has 1 aromatic carbocycles. The van der Waals surface area contributed by atoms with Gasteiger partial charge in [0.05, 0.1) is 7.11 Å². The number of rotatable bonds is 3. The largest absolute Gasteiger partial charge is 0.497 e. The quantitative estimate of drug-likeness (QED) is 0.886. The Morgan fingerprint density at radius 1 is 1.22 bits per heavy atom.